The normalized spacial score (nSPS) is 10.9. The average Bonchev–Trinajstić information content (AvgIpc) is 2.59. The van der Waals surface area contributed by atoms with Crippen molar-refractivity contribution in [3.8, 4) is 0 Å². The molecule has 2 rings (SSSR count). The molecule has 2 aromatic rings. The molecule has 1 aromatic carbocycles. The van der Waals surface area contributed by atoms with Crippen molar-refractivity contribution in [3.63, 3.8) is 0 Å². The van der Waals surface area contributed by atoms with Gasteiger partial charge in [0.05, 0.1) is 10.2 Å². The Hall–Kier alpha value is -1.15. The van der Waals surface area contributed by atoms with Gasteiger partial charge in [-0.15, -0.1) is 11.3 Å². The Morgan fingerprint density at radius 1 is 1.47 bits per heavy atom. The van der Waals surface area contributed by atoms with Crippen molar-refractivity contribution in [2.45, 2.75) is 27.2 Å². The fourth-order valence-electron chi connectivity index (χ4n) is 1.70. The van der Waals surface area contributed by atoms with E-state index < -0.39 is 0 Å². The van der Waals surface area contributed by atoms with Crippen molar-refractivity contribution in [2.24, 2.45) is 0 Å². The van der Waals surface area contributed by atoms with E-state index in [2.05, 4.69) is 37.5 Å². The molecule has 2 heteroatoms. The van der Waals surface area contributed by atoms with Crippen molar-refractivity contribution in [3.05, 3.63) is 34.8 Å². The number of allylic oxidation sites excluding steroid dienone is 1. The molecule has 0 atom stereocenters. The highest BCUT2D eigenvalue weighted by Gasteiger charge is 2.08. The third kappa shape index (κ3) is 1.82. The second kappa shape index (κ2) is 3.78. The molecule has 0 spiro atoms. The predicted octanol–water partition coefficient (Wildman–Crippen LogP) is 4.20. The highest BCUT2D eigenvalue weighted by molar-refractivity contribution is 7.19. The topological polar surface area (TPSA) is 12.9 Å². The molecule has 0 aliphatic carbocycles. The van der Waals surface area contributed by atoms with Gasteiger partial charge in [0, 0.05) is 0 Å². The van der Waals surface area contributed by atoms with Gasteiger partial charge in [0.25, 0.3) is 0 Å². The first-order valence-electron chi connectivity index (χ1n) is 5.17. The Morgan fingerprint density at radius 2 is 2.20 bits per heavy atom. The van der Waals surface area contributed by atoms with Crippen LogP contribution in [0.4, 0.5) is 0 Å². The van der Waals surface area contributed by atoms with Crippen LogP contribution in [0.1, 0.15) is 30.0 Å². The van der Waals surface area contributed by atoms with Gasteiger partial charge in [-0.25, -0.2) is 4.98 Å². The molecule has 1 heterocycles. The highest BCUT2D eigenvalue weighted by Crippen LogP contribution is 2.29. The van der Waals surface area contributed by atoms with E-state index in [1.165, 1.54) is 15.8 Å². The monoisotopic (exact) mass is 217 g/mol. The number of hydrogen-bond acceptors (Lipinski definition) is 2. The number of nitrogens with zero attached hydrogens (tertiary/aromatic N) is 1. The van der Waals surface area contributed by atoms with Crippen LogP contribution in [-0.2, 0) is 6.42 Å². The summed E-state index contributed by atoms with van der Waals surface area (Å²) in [6.07, 6.45) is 1.04. The number of rotatable bonds is 2. The summed E-state index contributed by atoms with van der Waals surface area (Å²) in [5, 5.41) is 1.06. The summed E-state index contributed by atoms with van der Waals surface area (Å²) in [4.78, 5) is 4.64. The van der Waals surface area contributed by atoms with Crippen LogP contribution in [0.25, 0.3) is 15.8 Å². The first-order chi connectivity index (χ1) is 7.11. The van der Waals surface area contributed by atoms with Gasteiger partial charge >= 0.3 is 0 Å². The lowest BCUT2D eigenvalue weighted by Crippen LogP contribution is -1.85. The van der Waals surface area contributed by atoms with E-state index in [0.29, 0.717) is 0 Å². The van der Waals surface area contributed by atoms with Gasteiger partial charge in [-0.2, -0.15) is 0 Å². The fraction of sp³-hybridized carbons (Fsp3) is 0.308. The maximum Gasteiger partial charge on any atom is 0.119 e. The summed E-state index contributed by atoms with van der Waals surface area (Å²) < 4.78 is 1.28. The van der Waals surface area contributed by atoms with Gasteiger partial charge < -0.3 is 0 Å². The molecule has 1 aromatic heterocycles. The van der Waals surface area contributed by atoms with Crippen LogP contribution in [0, 0.1) is 6.92 Å². The highest BCUT2D eigenvalue weighted by atomic mass is 32.1. The van der Waals surface area contributed by atoms with Crippen LogP contribution in [-0.4, -0.2) is 4.98 Å². The maximum absolute atomic E-state index is 4.64. The average molecular weight is 217 g/mol. The lowest BCUT2D eigenvalue weighted by Gasteiger charge is -1.99. The molecule has 0 fully saturated rings. The Kier molecular flexibility index (Phi) is 2.61. The summed E-state index contributed by atoms with van der Waals surface area (Å²) in [5.74, 6) is 0. The molecule has 78 valence electrons. The zero-order chi connectivity index (χ0) is 11.0. The molecule has 0 aliphatic heterocycles. The number of aromatic nitrogens is 1. The predicted molar refractivity (Wildman–Crippen MR) is 68.4 cm³/mol. The number of hydrogen-bond donors (Lipinski definition) is 0. The zero-order valence-electron chi connectivity index (χ0n) is 9.42. The number of fused-ring (bicyclic) bond motifs is 1. The molecule has 1 nitrogen and oxygen atoms in total. The van der Waals surface area contributed by atoms with Gasteiger partial charge in [0.2, 0.25) is 0 Å². The molecular weight excluding hydrogens is 202 g/mol. The van der Waals surface area contributed by atoms with Crippen molar-refractivity contribution in [1.29, 1.82) is 0 Å². The number of benzene rings is 1. The van der Waals surface area contributed by atoms with E-state index >= 15 is 0 Å². The van der Waals surface area contributed by atoms with Gasteiger partial charge in [-0.3, -0.25) is 0 Å². The lowest BCUT2D eigenvalue weighted by atomic mass is 10.1. The van der Waals surface area contributed by atoms with Crippen molar-refractivity contribution in [2.75, 3.05) is 0 Å². The van der Waals surface area contributed by atoms with Gasteiger partial charge in [0.1, 0.15) is 5.01 Å². The lowest BCUT2D eigenvalue weighted by molar-refractivity contribution is 1.14. The van der Waals surface area contributed by atoms with Crippen LogP contribution in [0.15, 0.2) is 18.7 Å². The first kappa shape index (κ1) is 10.4. The minimum absolute atomic E-state index is 1.04. The van der Waals surface area contributed by atoms with E-state index in [1.807, 2.05) is 6.92 Å². The second-order valence-electron chi connectivity index (χ2n) is 3.92. The van der Waals surface area contributed by atoms with E-state index in [9.17, 15) is 0 Å². The molecule has 15 heavy (non-hydrogen) atoms. The summed E-state index contributed by atoms with van der Waals surface area (Å²) in [7, 11) is 0. The van der Waals surface area contributed by atoms with E-state index in [-0.39, 0.29) is 0 Å². The van der Waals surface area contributed by atoms with Crippen LogP contribution in [0.2, 0.25) is 0 Å². The largest absolute Gasteiger partial charge is 0.236 e. The molecule has 0 radical (unpaired) electrons. The van der Waals surface area contributed by atoms with Crippen molar-refractivity contribution >= 4 is 27.1 Å². The molecule has 0 unspecified atom stereocenters. The quantitative estimate of drug-likeness (QED) is 0.734. The van der Waals surface area contributed by atoms with Gasteiger partial charge in [-0.05, 0) is 43.0 Å². The molecule has 0 saturated heterocycles. The summed E-state index contributed by atoms with van der Waals surface area (Å²) in [5.41, 5.74) is 4.87. The molecule has 0 bridgehead atoms. The first-order valence-corrected chi connectivity index (χ1v) is 5.99. The summed E-state index contributed by atoms with van der Waals surface area (Å²) in [6, 6.07) is 4.43. The molecule has 0 aliphatic rings. The molecule has 0 amide bonds. The minimum atomic E-state index is 1.04. The fourth-order valence-corrected chi connectivity index (χ4v) is 2.74. The maximum atomic E-state index is 4.64. The summed E-state index contributed by atoms with van der Waals surface area (Å²) in [6.45, 7) is 10.3. The van der Waals surface area contributed by atoms with Crippen LogP contribution in [0.3, 0.4) is 0 Å². The van der Waals surface area contributed by atoms with Gasteiger partial charge in [-0.1, -0.05) is 19.6 Å². The van der Waals surface area contributed by atoms with Crippen molar-refractivity contribution < 1.29 is 0 Å². The zero-order valence-corrected chi connectivity index (χ0v) is 10.2. The Bertz CT molecular complexity index is 523. The van der Waals surface area contributed by atoms with E-state index in [0.717, 1.165) is 22.5 Å². The van der Waals surface area contributed by atoms with Crippen molar-refractivity contribution in [1.82, 2.24) is 4.98 Å². The Balaban J connectivity index is 2.74. The molecule has 0 saturated carbocycles. The Labute approximate surface area is 94.5 Å². The second-order valence-corrected chi connectivity index (χ2v) is 4.95. The number of thiazole rings is 1. The van der Waals surface area contributed by atoms with Gasteiger partial charge in [0.15, 0.2) is 0 Å². The third-order valence-corrected chi connectivity index (χ3v) is 3.63. The third-order valence-electron chi connectivity index (χ3n) is 2.46. The summed E-state index contributed by atoms with van der Waals surface area (Å²) >= 11 is 1.74. The van der Waals surface area contributed by atoms with E-state index in [1.54, 1.807) is 11.3 Å². The number of aryl methyl sites for hydroxylation is 2. The molecule has 0 N–H and O–H groups in total. The smallest absolute Gasteiger partial charge is 0.119 e. The molecular formula is C13H15NS. The SMILES string of the molecule is C=C(C)c1nc2c(CC)cc(C)cc2s1. The van der Waals surface area contributed by atoms with Crippen LogP contribution < -0.4 is 0 Å². The standard InChI is InChI=1S/C13H15NS/c1-5-10-6-9(4)7-11-12(10)14-13(15-11)8(2)3/h6-7H,2,5H2,1,3-4H3. The minimum Gasteiger partial charge on any atom is -0.236 e. The van der Waals surface area contributed by atoms with E-state index in [4.69, 9.17) is 0 Å². The van der Waals surface area contributed by atoms with Crippen LogP contribution >= 0.6 is 11.3 Å². The van der Waals surface area contributed by atoms with Crippen LogP contribution in [0.5, 0.6) is 0 Å². The Morgan fingerprint density at radius 3 is 2.80 bits per heavy atom.